The van der Waals surface area contributed by atoms with Crippen molar-refractivity contribution in [2.24, 2.45) is 10.7 Å². The summed E-state index contributed by atoms with van der Waals surface area (Å²) in [5.41, 5.74) is 9.69. The summed E-state index contributed by atoms with van der Waals surface area (Å²) in [6.07, 6.45) is 2.54. The summed E-state index contributed by atoms with van der Waals surface area (Å²) in [4.78, 5) is 9.39. The van der Waals surface area contributed by atoms with Gasteiger partial charge in [0.1, 0.15) is 18.1 Å². The van der Waals surface area contributed by atoms with Gasteiger partial charge in [-0.3, -0.25) is 9.88 Å². The molecule has 1 aromatic heterocycles. The molecule has 0 spiro atoms. The quantitative estimate of drug-likeness (QED) is 0.658. The Kier molecular flexibility index (Phi) is 3.95. The second kappa shape index (κ2) is 6.83. The maximum Gasteiger partial charge on any atom is 0.212 e. The monoisotopic (exact) mass is 419 g/mol. The number of nitrogens with one attached hydrogen (secondary N) is 1. The van der Waals surface area contributed by atoms with E-state index in [1.807, 2.05) is 34.9 Å². The van der Waals surface area contributed by atoms with Crippen LogP contribution < -0.4 is 30.0 Å². The molecule has 0 amide bonds. The summed E-state index contributed by atoms with van der Waals surface area (Å²) >= 11 is 0. The molecule has 3 aliphatic heterocycles. The van der Waals surface area contributed by atoms with Gasteiger partial charge in [-0.1, -0.05) is 0 Å². The Bertz CT molecular complexity index is 1260. The van der Waals surface area contributed by atoms with Crippen molar-refractivity contribution in [3.8, 4) is 23.0 Å². The van der Waals surface area contributed by atoms with Crippen LogP contribution in [0.3, 0.4) is 0 Å². The summed E-state index contributed by atoms with van der Waals surface area (Å²) in [5.74, 6) is 3.87. The van der Waals surface area contributed by atoms with E-state index < -0.39 is 0 Å². The predicted molar refractivity (Wildman–Crippen MR) is 116 cm³/mol. The number of fused-ring (bicyclic) bond motifs is 5. The van der Waals surface area contributed by atoms with Crippen LogP contribution in [0.2, 0.25) is 0 Å². The summed E-state index contributed by atoms with van der Waals surface area (Å²) in [7, 11) is 1.64. The predicted octanol–water partition coefficient (Wildman–Crippen LogP) is 2.92. The maximum atomic E-state index is 6.10. The zero-order valence-electron chi connectivity index (χ0n) is 16.9. The minimum Gasteiger partial charge on any atom is -0.497 e. The highest BCUT2D eigenvalue weighted by atomic mass is 16.5. The molecular weight excluding hydrogens is 398 g/mol. The molecule has 0 bridgehead atoms. The van der Waals surface area contributed by atoms with Gasteiger partial charge in [0.2, 0.25) is 5.95 Å². The Morgan fingerprint density at radius 1 is 1.10 bits per heavy atom. The van der Waals surface area contributed by atoms with E-state index >= 15 is 0 Å². The number of nitrogens with two attached hydrogens (primary N) is 1. The number of anilines is 1. The van der Waals surface area contributed by atoms with Gasteiger partial charge in [-0.2, -0.15) is 0 Å². The molecule has 0 radical (unpaired) electrons. The first kappa shape index (κ1) is 17.9. The van der Waals surface area contributed by atoms with E-state index in [1.54, 1.807) is 7.11 Å². The van der Waals surface area contributed by atoms with Gasteiger partial charge in [0, 0.05) is 35.8 Å². The molecule has 6 rings (SSSR count). The third kappa shape index (κ3) is 2.92. The number of hydrogen-bond acceptors (Lipinski definition) is 8. The molecule has 0 saturated carbocycles. The second-order valence-corrected chi connectivity index (χ2v) is 7.57. The molecular formula is C22H21N5O4. The highest BCUT2D eigenvalue weighted by Crippen LogP contribution is 2.41. The third-order valence-corrected chi connectivity index (χ3v) is 5.59. The Morgan fingerprint density at radius 3 is 2.77 bits per heavy atom. The Labute approximate surface area is 178 Å². The normalized spacial score (nSPS) is 19.2. The number of methoxy groups -OCH3 is 1. The fourth-order valence-corrected chi connectivity index (χ4v) is 4.11. The molecule has 1 unspecified atom stereocenters. The molecule has 9 heteroatoms. The molecule has 4 heterocycles. The SMILES string of the molecule is COc1ccc2c(c1)OCC(C1N=C(N)Nc3nc4cc5c(cc4n31)OCCCO5)=C2. The lowest BCUT2D eigenvalue weighted by molar-refractivity contribution is 0.297. The van der Waals surface area contributed by atoms with E-state index in [0.29, 0.717) is 43.2 Å². The van der Waals surface area contributed by atoms with Gasteiger partial charge in [-0.05, 0) is 18.2 Å². The van der Waals surface area contributed by atoms with Crippen molar-refractivity contribution in [2.45, 2.75) is 12.6 Å². The molecule has 9 nitrogen and oxygen atoms in total. The Morgan fingerprint density at radius 2 is 1.94 bits per heavy atom. The number of guanidine groups is 1. The number of nitrogens with zero attached hydrogens (tertiary/aromatic N) is 3. The van der Waals surface area contributed by atoms with Crippen LogP contribution in [-0.2, 0) is 0 Å². The summed E-state index contributed by atoms with van der Waals surface area (Å²) in [6.45, 7) is 1.62. The van der Waals surface area contributed by atoms with Gasteiger partial charge in [0.05, 0.1) is 31.4 Å². The van der Waals surface area contributed by atoms with Gasteiger partial charge in [0.25, 0.3) is 0 Å². The number of ether oxygens (including phenoxy) is 4. The van der Waals surface area contributed by atoms with Crippen molar-refractivity contribution < 1.29 is 18.9 Å². The van der Waals surface area contributed by atoms with E-state index in [1.165, 1.54) is 0 Å². The first-order chi connectivity index (χ1) is 15.2. The Hall–Kier alpha value is -3.88. The van der Waals surface area contributed by atoms with Crippen LogP contribution in [0.15, 0.2) is 40.9 Å². The van der Waals surface area contributed by atoms with Crippen LogP contribution in [0.4, 0.5) is 5.95 Å². The average molecular weight is 419 g/mol. The maximum absolute atomic E-state index is 6.10. The fourth-order valence-electron chi connectivity index (χ4n) is 4.11. The average Bonchev–Trinajstić information content (AvgIpc) is 2.97. The zero-order valence-corrected chi connectivity index (χ0v) is 16.9. The second-order valence-electron chi connectivity index (χ2n) is 7.57. The van der Waals surface area contributed by atoms with E-state index in [2.05, 4.69) is 16.4 Å². The van der Waals surface area contributed by atoms with E-state index in [0.717, 1.165) is 40.1 Å². The van der Waals surface area contributed by atoms with Crippen molar-refractivity contribution in [2.75, 3.05) is 32.2 Å². The van der Waals surface area contributed by atoms with E-state index in [9.17, 15) is 0 Å². The van der Waals surface area contributed by atoms with E-state index in [-0.39, 0.29) is 6.17 Å². The molecule has 31 heavy (non-hydrogen) atoms. The molecule has 0 saturated heterocycles. The van der Waals surface area contributed by atoms with Crippen molar-refractivity contribution in [1.82, 2.24) is 9.55 Å². The van der Waals surface area contributed by atoms with Crippen LogP contribution >= 0.6 is 0 Å². The van der Waals surface area contributed by atoms with Crippen molar-refractivity contribution in [3.05, 3.63) is 41.5 Å². The van der Waals surface area contributed by atoms with Crippen LogP contribution in [0.1, 0.15) is 18.2 Å². The van der Waals surface area contributed by atoms with Crippen LogP contribution in [-0.4, -0.2) is 42.4 Å². The van der Waals surface area contributed by atoms with Crippen LogP contribution in [0.5, 0.6) is 23.0 Å². The highest BCUT2D eigenvalue weighted by Gasteiger charge is 2.30. The fraction of sp³-hybridized carbons (Fsp3) is 0.273. The molecule has 158 valence electrons. The lowest BCUT2D eigenvalue weighted by Gasteiger charge is -2.28. The lowest BCUT2D eigenvalue weighted by atomic mass is 10.0. The summed E-state index contributed by atoms with van der Waals surface area (Å²) in [5, 5.41) is 3.07. The third-order valence-electron chi connectivity index (χ3n) is 5.59. The van der Waals surface area contributed by atoms with Gasteiger partial charge in [-0.25, -0.2) is 9.98 Å². The van der Waals surface area contributed by atoms with Crippen molar-refractivity contribution >= 4 is 29.0 Å². The highest BCUT2D eigenvalue weighted by molar-refractivity contribution is 5.95. The Balaban J connectivity index is 1.47. The molecule has 0 fully saturated rings. The molecule has 0 aliphatic carbocycles. The smallest absolute Gasteiger partial charge is 0.212 e. The number of benzene rings is 2. The number of imidazole rings is 1. The van der Waals surface area contributed by atoms with Gasteiger partial charge in [0.15, 0.2) is 23.6 Å². The minimum absolute atomic E-state index is 0.309. The molecule has 3 N–H and O–H groups in total. The number of aromatic nitrogens is 2. The number of hydrogen-bond donors (Lipinski definition) is 2. The molecule has 3 aromatic rings. The summed E-state index contributed by atoms with van der Waals surface area (Å²) < 4.78 is 25.0. The van der Waals surface area contributed by atoms with Crippen molar-refractivity contribution in [3.63, 3.8) is 0 Å². The lowest BCUT2D eigenvalue weighted by Crippen LogP contribution is -2.32. The van der Waals surface area contributed by atoms with Crippen LogP contribution in [0.25, 0.3) is 17.1 Å². The number of aliphatic imine (C=N–C) groups is 1. The topological polar surface area (TPSA) is 105 Å². The van der Waals surface area contributed by atoms with Crippen LogP contribution in [0, 0.1) is 0 Å². The first-order valence-electron chi connectivity index (χ1n) is 10.1. The largest absolute Gasteiger partial charge is 0.497 e. The van der Waals surface area contributed by atoms with Gasteiger partial charge in [-0.15, -0.1) is 0 Å². The van der Waals surface area contributed by atoms with E-state index in [4.69, 9.17) is 29.7 Å². The molecule has 2 aromatic carbocycles. The zero-order chi connectivity index (χ0) is 20.9. The summed E-state index contributed by atoms with van der Waals surface area (Å²) in [6, 6.07) is 9.63. The number of rotatable bonds is 2. The molecule has 3 aliphatic rings. The van der Waals surface area contributed by atoms with Gasteiger partial charge >= 0.3 is 0 Å². The molecule has 1 atom stereocenters. The standard InChI is InChI=1S/C22H21N5O4/c1-28-14-4-3-12-7-13(11-31-17(12)8-14)20-25-21(23)26-22-24-15-9-18-19(10-16(15)27(20)22)30-6-2-5-29-18/h3-4,7-10,20H,2,5-6,11H2,1H3,(H3,23,24,25,26). The minimum atomic E-state index is -0.388. The van der Waals surface area contributed by atoms with Crippen molar-refractivity contribution in [1.29, 1.82) is 0 Å². The van der Waals surface area contributed by atoms with Gasteiger partial charge < -0.3 is 24.7 Å². The first-order valence-corrected chi connectivity index (χ1v) is 10.1.